The standard InChI is InChI=1S/C15H13BrClF3N4O/c16-9-3-4-10(21-7-9)22-11(25)5-6-24-13(8-1-2-8)12(17)14(23-24)15(18,19)20/h3-4,7-8H,1-2,5-6H2,(H,21,22,25). The largest absolute Gasteiger partial charge is 0.436 e. The summed E-state index contributed by atoms with van der Waals surface area (Å²) in [5.74, 6) is -0.0193. The summed E-state index contributed by atoms with van der Waals surface area (Å²) in [6.45, 7) is 0.0179. The van der Waals surface area contributed by atoms with Crippen LogP contribution in [0.4, 0.5) is 19.0 Å². The van der Waals surface area contributed by atoms with E-state index in [-0.39, 0.29) is 29.8 Å². The van der Waals surface area contributed by atoms with Crippen LogP contribution in [-0.2, 0) is 17.5 Å². The molecule has 5 nitrogen and oxygen atoms in total. The van der Waals surface area contributed by atoms with Crippen molar-refractivity contribution in [3.8, 4) is 0 Å². The lowest BCUT2D eigenvalue weighted by Crippen LogP contribution is -2.17. The van der Waals surface area contributed by atoms with E-state index in [1.54, 1.807) is 12.1 Å². The Bertz CT molecular complexity index is 787. The number of anilines is 1. The number of nitrogens with one attached hydrogen (secondary N) is 1. The average Bonchev–Trinajstić information content (AvgIpc) is 3.30. The highest BCUT2D eigenvalue weighted by molar-refractivity contribution is 9.10. The number of rotatable bonds is 5. The molecule has 0 aliphatic heterocycles. The third kappa shape index (κ3) is 4.33. The van der Waals surface area contributed by atoms with Crippen LogP contribution in [-0.4, -0.2) is 20.7 Å². The van der Waals surface area contributed by atoms with E-state index in [1.807, 2.05) is 0 Å². The second kappa shape index (κ2) is 6.95. The lowest BCUT2D eigenvalue weighted by molar-refractivity contribution is -0.141. The van der Waals surface area contributed by atoms with Crippen molar-refractivity contribution in [1.29, 1.82) is 0 Å². The van der Waals surface area contributed by atoms with E-state index in [4.69, 9.17) is 11.6 Å². The monoisotopic (exact) mass is 436 g/mol. The fourth-order valence-corrected chi connectivity index (χ4v) is 3.05. The molecule has 3 rings (SSSR count). The fraction of sp³-hybridized carbons (Fsp3) is 0.400. The lowest BCUT2D eigenvalue weighted by atomic mass is 10.2. The maximum absolute atomic E-state index is 13.0. The van der Waals surface area contributed by atoms with Gasteiger partial charge in [0.15, 0.2) is 5.69 Å². The normalized spacial score (nSPS) is 14.6. The zero-order valence-electron chi connectivity index (χ0n) is 12.8. The van der Waals surface area contributed by atoms with Crippen LogP contribution >= 0.6 is 27.5 Å². The molecule has 1 amide bonds. The summed E-state index contributed by atoms with van der Waals surface area (Å²) in [5, 5.41) is 5.82. The first-order valence-electron chi connectivity index (χ1n) is 7.50. The molecule has 2 aromatic rings. The van der Waals surface area contributed by atoms with Crippen LogP contribution in [0.25, 0.3) is 0 Å². The molecule has 2 heterocycles. The smallest absolute Gasteiger partial charge is 0.311 e. The predicted molar refractivity (Wildman–Crippen MR) is 89.4 cm³/mol. The van der Waals surface area contributed by atoms with Crippen LogP contribution < -0.4 is 5.32 Å². The average molecular weight is 438 g/mol. The van der Waals surface area contributed by atoms with E-state index in [1.165, 1.54) is 10.9 Å². The molecule has 0 radical (unpaired) electrons. The summed E-state index contributed by atoms with van der Waals surface area (Å²) in [6, 6.07) is 3.33. The summed E-state index contributed by atoms with van der Waals surface area (Å²) in [7, 11) is 0. The van der Waals surface area contributed by atoms with Crippen LogP contribution in [0.5, 0.6) is 0 Å². The summed E-state index contributed by atoms with van der Waals surface area (Å²) >= 11 is 9.12. The van der Waals surface area contributed by atoms with Crippen molar-refractivity contribution in [3.05, 3.63) is 39.2 Å². The second-order valence-corrected chi connectivity index (χ2v) is 7.00. The number of aryl methyl sites for hydroxylation is 1. The number of amides is 1. The zero-order chi connectivity index (χ0) is 18.2. The maximum Gasteiger partial charge on any atom is 0.436 e. The van der Waals surface area contributed by atoms with Gasteiger partial charge in [-0.15, -0.1) is 0 Å². The summed E-state index contributed by atoms with van der Waals surface area (Å²) < 4.78 is 41.0. The molecule has 1 aliphatic rings. The van der Waals surface area contributed by atoms with Gasteiger partial charge >= 0.3 is 6.18 Å². The molecule has 0 saturated heterocycles. The minimum atomic E-state index is -4.62. The third-order valence-corrected chi connectivity index (χ3v) is 4.55. The summed E-state index contributed by atoms with van der Waals surface area (Å²) in [6.07, 6.45) is -1.57. The van der Waals surface area contributed by atoms with E-state index in [0.717, 1.165) is 17.3 Å². The molecule has 1 saturated carbocycles. The first-order chi connectivity index (χ1) is 11.8. The van der Waals surface area contributed by atoms with Gasteiger partial charge in [-0.2, -0.15) is 18.3 Å². The Morgan fingerprint density at radius 2 is 2.12 bits per heavy atom. The number of halogens is 5. The van der Waals surface area contributed by atoms with Gasteiger partial charge in [-0.1, -0.05) is 11.6 Å². The van der Waals surface area contributed by atoms with Crippen molar-refractivity contribution in [2.24, 2.45) is 0 Å². The van der Waals surface area contributed by atoms with Crippen molar-refractivity contribution < 1.29 is 18.0 Å². The first-order valence-corrected chi connectivity index (χ1v) is 8.67. The molecule has 1 fully saturated rings. The van der Waals surface area contributed by atoms with Crippen molar-refractivity contribution in [1.82, 2.24) is 14.8 Å². The number of carbonyl (C=O) groups is 1. The van der Waals surface area contributed by atoms with Gasteiger partial charge in [0, 0.05) is 23.0 Å². The number of aromatic nitrogens is 3. The van der Waals surface area contributed by atoms with Crippen molar-refractivity contribution >= 4 is 39.3 Å². The Labute approximate surface area is 154 Å². The highest BCUT2D eigenvalue weighted by Crippen LogP contribution is 2.46. The molecule has 0 aromatic carbocycles. The SMILES string of the molecule is O=C(CCn1nc(C(F)(F)F)c(Cl)c1C1CC1)Nc1ccc(Br)cn1. The van der Waals surface area contributed by atoms with Gasteiger partial charge in [0.1, 0.15) is 5.82 Å². The Morgan fingerprint density at radius 3 is 2.68 bits per heavy atom. The van der Waals surface area contributed by atoms with Crippen LogP contribution in [0.15, 0.2) is 22.8 Å². The second-order valence-electron chi connectivity index (χ2n) is 5.70. The Morgan fingerprint density at radius 1 is 1.40 bits per heavy atom. The highest BCUT2D eigenvalue weighted by Gasteiger charge is 2.41. The molecule has 134 valence electrons. The van der Waals surface area contributed by atoms with Gasteiger partial charge in [-0.25, -0.2) is 4.98 Å². The fourth-order valence-electron chi connectivity index (χ4n) is 2.41. The van der Waals surface area contributed by atoms with Crippen LogP contribution in [0, 0.1) is 0 Å². The molecule has 2 aromatic heterocycles. The first kappa shape index (κ1) is 18.2. The minimum absolute atomic E-state index is 0.0179. The van der Waals surface area contributed by atoms with Crippen LogP contribution in [0.1, 0.15) is 36.6 Å². The third-order valence-electron chi connectivity index (χ3n) is 3.71. The van der Waals surface area contributed by atoms with Gasteiger partial charge in [0.25, 0.3) is 0 Å². The minimum Gasteiger partial charge on any atom is -0.311 e. The van der Waals surface area contributed by atoms with Crippen molar-refractivity contribution in [2.75, 3.05) is 5.32 Å². The van der Waals surface area contributed by atoms with Gasteiger partial charge in [-0.3, -0.25) is 9.48 Å². The molecule has 10 heteroatoms. The number of carbonyl (C=O) groups excluding carboxylic acids is 1. The molecule has 0 spiro atoms. The zero-order valence-corrected chi connectivity index (χ0v) is 15.1. The lowest BCUT2D eigenvalue weighted by Gasteiger charge is -2.07. The van der Waals surface area contributed by atoms with E-state index < -0.39 is 11.9 Å². The topological polar surface area (TPSA) is 59.8 Å². The molecule has 0 bridgehead atoms. The number of pyridine rings is 1. The molecular weight excluding hydrogens is 425 g/mol. The quantitative estimate of drug-likeness (QED) is 0.742. The Kier molecular flexibility index (Phi) is 5.06. The maximum atomic E-state index is 13.0. The molecule has 1 N–H and O–H groups in total. The predicted octanol–water partition coefficient (Wildman–Crippen LogP) is 4.62. The van der Waals surface area contributed by atoms with Crippen LogP contribution in [0.2, 0.25) is 5.02 Å². The molecule has 0 atom stereocenters. The van der Waals surface area contributed by atoms with Crippen LogP contribution in [0.3, 0.4) is 0 Å². The van der Waals surface area contributed by atoms with E-state index in [0.29, 0.717) is 11.5 Å². The highest BCUT2D eigenvalue weighted by atomic mass is 79.9. The van der Waals surface area contributed by atoms with Gasteiger partial charge < -0.3 is 5.32 Å². The van der Waals surface area contributed by atoms with E-state index in [9.17, 15) is 18.0 Å². The Hall–Kier alpha value is -1.61. The number of nitrogens with zero attached hydrogens (tertiary/aromatic N) is 3. The van der Waals surface area contributed by atoms with Crippen molar-refractivity contribution in [3.63, 3.8) is 0 Å². The van der Waals surface area contributed by atoms with Gasteiger partial charge in [-0.05, 0) is 40.9 Å². The number of hydrogen-bond donors (Lipinski definition) is 1. The van der Waals surface area contributed by atoms with Crippen molar-refractivity contribution in [2.45, 2.75) is 37.9 Å². The van der Waals surface area contributed by atoms with E-state index >= 15 is 0 Å². The summed E-state index contributed by atoms with van der Waals surface area (Å²) in [5.41, 5.74) is -0.727. The molecule has 25 heavy (non-hydrogen) atoms. The molecule has 0 unspecified atom stereocenters. The van der Waals surface area contributed by atoms with Gasteiger partial charge in [0.2, 0.25) is 5.91 Å². The number of hydrogen-bond acceptors (Lipinski definition) is 3. The molecule has 1 aliphatic carbocycles. The Balaban J connectivity index is 1.70. The molecular formula is C15H13BrClF3N4O. The number of alkyl halides is 3. The van der Waals surface area contributed by atoms with Gasteiger partial charge in [0.05, 0.1) is 17.3 Å². The van der Waals surface area contributed by atoms with E-state index in [2.05, 4.69) is 31.3 Å². The summed E-state index contributed by atoms with van der Waals surface area (Å²) in [4.78, 5) is 16.0.